The van der Waals surface area contributed by atoms with Crippen molar-refractivity contribution in [3.63, 3.8) is 0 Å². The molecule has 100 valence electrons. The summed E-state index contributed by atoms with van der Waals surface area (Å²) in [6, 6.07) is 9.89. The van der Waals surface area contributed by atoms with E-state index in [1.54, 1.807) is 36.5 Å². The van der Waals surface area contributed by atoms with Crippen molar-refractivity contribution in [1.82, 2.24) is 15.1 Å². The van der Waals surface area contributed by atoms with Gasteiger partial charge < -0.3 is 10.3 Å². The van der Waals surface area contributed by atoms with Crippen molar-refractivity contribution in [2.24, 2.45) is 0 Å². The second-order valence-electron chi connectivity index (χ2n) is 4.23. The van der Waals surface area contributed by atoms with Crippen LogP contribution < -0.4 is 5.73 Å². The van der Waals surface area contributed by atoms with Crippen molar-refractivity contribution < 1.29 is 8.91 Å². The summed E-state index contributed by atoms with van der Waals surface area (Å²) in [6.45, 7) is 0. The second kappa shape index (κ2) is 5.08. The van der Waals surface area contributed by atoms with Gasteiger partial charge in [-0.15, -0.1) is 0 Å². The molecule has 0 fully saturated rings. The molecule has 0 saturated carbocycles. The van der Waals surface area contributed by atoms with Crippen LogP contribution in [0.5, 0.6) is 0 Å². The van der Waals surface area contributed by atoms with Crippen molar-refractivity contribution in [2.45, 2.75) is 6.42 Å². The number of halogens is 1. The SMILES string of the molecule is Nc1cccnc1-c1nc(Cc2ccccc2F)no1. The molecule has 2 heterocycles. The first-order chi connectivity index (χ1) is 9.74. The Morgan fingerprint density at radius 3 is 2.80 bits per heavy atom. The molecular weight excluding hydrogens is 259 g/mol. The lowest BCUT2D eigenvalue weighted by Crippen LogP contribution is -1.95. The summed E-state index contributed by atoms with van der Waals surface area (Å²) in [4.78, 5) is 8.28. The maximum atomic E-state index is 13.6. The van der Waals surface area contributed by atoms with Crippen LogP contribution in [0.1, 0.15) is 11.4 Å². The Hall–Kier alpha value is -2.76. The third-order valence-electron chi connectivity index (χ3n) is 2.82. The molecule has 2 N–H and O–H groups in total. The Morgan fingerprint density at radius 1 is 1.15 bits per heavy atom. The number of benzene rings is 1. The minimum Gasteiger partial charge on any atom is -0.397 e. The van der Waals surface area contributed by atoms with Gasteiger partial charge >= 0.3 is 0 Å². The lowest BCUT2D eigenvalue weighted by molar-refractivity contribution is 0.422. The van der Waals surface area contributed by atoms with Gasteiger partial charge in [-0.05, 0) is 23.8 Å². The summed E-state index contributed by atoms with van der Waals surface area (Å²) >= 11 is 0. The highest BCUT2D eigenvalue weighted by molar-refractivity contribution is 5.65. The van der Waals surface area contributed by atoms with Crippen molar-refractivity contribution in [3.05, 3.63) is 59.8 Å². The largest absolute Gasteiger partial charge is 0.397 e. The third-order valence-corrected chi connectivity index (χ3v) is 2.82. The zero-order valence-corrected chi connectivity index (χ0v) is 10.5. The lowest BCUT2D eigenvalue weighted by atomic mass is 10.1. The van der Waals surface area contributed by atoms with Gasteiger partial charge in [0.15, 0.2) is 11.5 Å². The summed E-state index contributed by atoms with van der Waals surface area (Å²) in [5.41, 5.74) is 7.18. The average molecular weight is 270 g/mol. The van der Waals surface area contributed by atoms with E-state index >= 15 is 0 Å². The molecule has 0 aliphatic carbocycles. The lowest BCUT2D eigenvalue weighted by Gasteiger charge is -1.98. The molecule has 0 unspecified atom stereocenters. The van der Waals surface area contributed by atoms with E-state index in [2.05, 4.69) is 15.1 Å². The Kier molecular flexibility index (Phi) is 3.12. The molecule has 0 saturated heterocycles. The molecule has 0 radical (unpaired) electrons. The molecule has 5 nitrogen and oxygen atoms in total. The monoisotopic (exact) mass is 270 g/mol. The number of nitrogens with zero attached hydrogens (tertiary/aromatic N) is 3. The Bertz CT molecular complexity index is 741. The van der Waals surface area contributed by atoms with E-state index in [4.69, 9.17) is 10.3 Å². The number of nitrogens with two attached hydrogens (primary N) is 1. The minimum atomic E-state index is -0.295. The molecule has 6 heteroatoms. The molecule has 3 aromatic rings. The van der Waals surface area contributed by atoms with E-state index in [-0.39, 0.29) is 18.1 Å². The van der Waals surface area contributed by atoms with E-state index in [9.17, 15) is 4.39 Å². The van der Waals surface area contributed by atoms with Gasteiger partial charge in [-0.2, -0.15) is 4.98 Å². The van der Waals surface area contributed by atoms with Crippen molar-refractivity contribution in [1.29, 1.82) is 0 Å². The summed E-state index contributed by atoms with van der Waals surface area (Å²) in [5, 5.41) is 3.82. The molecule has 0 bridgehead atoms. The summed E-state index contributed by atoms with van der Waals surface area (Å²) < 4.78 is 18.7. The first-order valence-corrected chi connectivity index (χ1v) is 6.01. The van der Waals surface area contributed by atoms with Crippen molar-refractivity contribution >= 4 is 5.69 Å². The number of hydrogen-bond acceptors (Lipinski definition) is 5. The maximum absolute atomic E-state index is 13.6. The van der Waals surface area contributed by atoms with Crippen molar-refractivity contribution in [3.8, 4) is 11.6 Å². The van der Waals surface area contributed by atoms with E-state index in [1.165, 1.54) is 6.07 Å². The van der Waals surface area contributed by atoms with E-state index in [0.29, 0.717) is 22.8 Å². The number of nitrogen functional groups attached to an aromatic ring is 1. The van der Waals surface area contributed by atoms with Gasteiger partial charge in [0.1, 0.15) is 5.82 Å². The van der Waals surface area contributed by atoms with Crippen LogP contribution in [0.2, 0.25) is 0 Å². The van der Waals surface area contributed by atoms with Crippen LogP contribution in [0.15, 0.2) is 47.1 Å². The van der Waals surface area contributed by atoms with Crippen LogP contribution in [0, 0.1) is 5.82 Å². The summed E-state index contributed by atoms with van der Waals surface area (Å²) in [7, 11) is 0. The van der Waals surface area contributed by atoms with Gasteiger partial charge in [-0.1, -0.05) is 23.4 Å². The number of rotatable bonds is 3. The fourth-order valence-corrected chi connectivity index (χ4v) is 1.83. The fourth-order valence-electron chi connectivity index (χ4n) is 1.83. The number of aromatic nitrogens is 3. The molecule has 1 aromatic carbocycles. The van der Waals surface area contributed by atoms with Gasteiger partial charge in [-0.3, -0.25) is 0 Å². The average Bonchev–Trinajstić information content (AvgIpc) is 2.90. The maximum Gasteiger partial charge on any atom is 0.278 e. The molecule has 2 aromatic heterocycles. The summed E-state index contributed by atoms with van der Waals surface area (Å²) in [6.07, 6.45) is 1.84. The number of hydrogen-bond donors (Lipinski definition) is 1. The van der Waals surface area contributed by atoms with Gasteiger partial charge in [0.05, 0.1) is 5.69 Å². The van der Waals surface area contributed by atoms with E-state index < -0.39 is 0 Å². The zero-order chi connectivity index (χ0) is 13.9. The van der Waals surface area contributed by atoms with Crippen LogP contribution in [-0.4, -0.2) is 15.1 Å². The van der Waals surface area contributed by atoms with Gasteiger partial charge in [0.25, 0.3) is 5.89 Å². The molecule has 0 atom stereocenters. The van der Waals surface area contributed by atoms with E-state index in [0.717, 1.165) is 0 Å². The Morgan fingerprint density at radius 2 is 2.00 bits per heavy atom. The van der Waals surface area contributed by atoms with Crippen LogP contribution in [0.25, 0.3) is 11.6 Å². The summed E-state index contributed by atoms with van der Waals surface area (Å²) in [5.74, 6) is 0.320. The standard InChI is InChI=1S/C14H11FN4O/c15-10-5-2-1-4-9(10)8-12-18-14(20-19-12)13-11(16)6-3-7-17-13/h1-7H,8,16H2. The third kappa shape index (κ3) is 2.35. The van der Waals surface area contributed by atoms with Crippen LogP contribution in [0.3, 0.4) is 0 Å². The Balaban J connectivity index is 1.88. The van der Waals surface area contributed by atoms with Gasteiger partial charge in [0, 0.05) is 12.6 Å². The highest BCUT2D eigenvalue weighted by atomic mass is 19.1. The second-order valence-corrected chi connectivity index (χ2v) is 4.23. The topological polar surface area (TPSA) is 77.8 Å². The molecular formula is C14H11FN4O. The van der Waals surface area contributed by atoms with Gasteiger partial charge in [0.2, 0.25) is 0 Å². The zero-order valence-electron chi connectivity index (χ0n) is 10.5. The van der Waals surface area contributed by atoms with Crippen molar-refractivity contribution in [2.75, 3.05) is 5.73 Å². The first kappa shape index (κ1) is 12.3. The van der Waals surface area contributed by atoms with Crippen LogP contribution in [0.4, 0.5) is 10.1 Å². The Labute approximate surface area is 114 Å². The highest BCUT2D eigenvalue weighted by Gasteiger charge is 2.14. The predicted molar refractivity (Wildman–Crippen MR) is 71.1 cm³/mol. The molecule has 0 spiro atoms. The van der Waals surface area contributed by atoms with Crippen LogP contribution >= 0.6 is 0 Å². The number of pyridine rings is 1. The molecule has 20 heavy (non-hydrogen) atoms. The molecule has 3 rings (SSSR count). The van der Waals surface area contributed by atoms with Gasteiger partial charge in [-0.25, -0.2) is 9.37 Å². The van der Waals surface area contributed by atoms with E-state index in [1.807, 2.05) is 0 Å². The first-order valence-electron chi connectivity index (χ1n) is 6.01. The normalized spacial score (nSPS) is 10.7. The predicted octanol–water partition coefficient (Wildman–Crippen LogP) is 2.44. The minimum absolute atomic E-state index is 0.231. The fraction of sp³-hybridized carbons (Fsp3) is 0.0714. The van der Waals surface area contributed by atoms with Crippen LogP contribution in [-0.2, 0) is 6.42 Å². The molecule has 0 aliphatic rings. The highest BCUT2D eigenvalue weighted by Crippen LogP contribution is 2.21. The molecule has 0 aliphatic heterocycles. The molecule has 0 amide bonds. The quantitative estimate of drug-likeness (QED) is 0.790. The number of anilines is 1. The smallest absolute Gasteiger partial charge is 0.278 e.